The van der Waals surface area contributed by atoms with E-state index in [1.165, 1.54) is 7.11 Å². The van der Waals surface area contributed by atoms with Gasteiger partial charge in [0, 0.05) is 26.3 Å². The molecule has 0 radical (unpaired) electrons. The molecule has 0 fully saturated rings. The van der Waals surface area contributed by atoms with Crippen molar-refractivity contribution in [1.82, 2.24) is 10.2 Å². The Balaban J connectivity index is 2.71. The summed E-state index contributed by atoms with van der Waals surface area (Å²) < 4.78 is 4.44. The van der Waals surface area contributed by atoms with E-state index in [2.05, 4.69) is 10.1 Å². The summed E-state index contributed by atoms with van der Waals surface area (Å²) in [6, 6.07) is 7.76. The van der Waals surface area contributed by atoms with Gasteiger partial charge in [-0.25, -0.2) is 4.79 Å². The number of anilines is 1. The van der Waals surface area contributed by atoms with E-state index < -0.39 is 12.1 Å². The van der Waals surface area contributed by atoms with Crippen LogP contribution in [-0.4, -0.2) is 50.7 Å². The number of carbonyl (C=O) groups is 2. The molecule has 1 N–H and O–H groups in total. The fraction of sp³-hybridized carbons (Fsp3) is 0.500. The maximum Gasteiger partial charge on any atom is 0.413 e. The average Bonchev–Trinajstić information content (AvgIpc) is 2.52. The van der Waals surface area contributed by atoms with Gasteiger partial charge in [0.05, 0.1) is 13.2 Å². The maximum atomic E-state index is 12.0. The van der Waals surface area contributed by atoms with E-state index in [-0.39, 0.29) is 5.91 Å². The van der Waals surface area contributed by atoms with Crippen molar-refractivity contribution in [3.05, 3.63) is 29.8 Å². The number of imide groups is 1. The Hall–Kier alpha value is -2.08. The molecule has 0 aliphatic heterocycles. The van der Waals surface area contributed by atoms with E-state index in [0.717, 1.165) is 11.3 Å². The monoisotopic (exact) mass is 307 g/mol. The summed E-state index contributed by atoms with van der Waals surface area (Å²) in [6.45, 7) is 5.09. The Kier molecular flexibility index (Phi) is 6.85. The Morgan fingerprint density at radius 2 is 1.82 bits per heavy atom. The molecule has 6 nitrogen and oxygen atoms in total. The van der Waals surface area contributed by atoms with Crippen LogP contribution in [0.3, 0.4) is 0 Å². The van der Waals surface area contributed by atoms with Gasteiger partial charge in [-0.2, -0.15) is 0 Å². The van der Waals surface area contributed by atoms with Crippen LogP contribution in [0.1, 0.15) is 19.4 Å². The van der Waals surface area contributed by atoms with Crippen LogP contribution >= 0.6 is 0 Å². The van der Waals surface area contributed by atoms with Crippen molar-refractivity contribution >= 4 is 17.7 Å². The zero-order valence-electron chi connectivity index (χ0n) is 13.9. The summed E-state index contributed by atoms with van der Waals surface area (Å²) in [7, 11) is 5.22. The van der Waals surface area contributed by atoms with E-state index >= 15 is 0 Å². The summed E-state index contributed by atoms with van der Waals surface area (Å²) in [6.07, 6.45) is -0.733. The summed E-state index contributed by atoms with van der Waals surface area (Å²) in [4.78, 5) is 27.1. The molecule has 6 heteroatoms. The number of hydrogen-bond donors (Lipinski definition) is 1. The van der Waals surface area contributed by atoms with Crippen molar-refractivity contribution in [1.29, 1.82) is 0 Å². The molecule has 0 saturated carbocycles. The largest absolute Gasteiger partial charge is 0.453 e. The molecule has 0 saturated heterocycles. The van der Waals surface area contributed by atoms with Gasteiger partial charge in [0.2, 0.25) is 5.91 Å². The van der Waals surface area contributed by atoms with Crippen molar-refractivity contribution in [3.63, 3.8) is 0 Å². The Morgan fingerprint density at radius 1 is 1.23 bits per heavy atom. The second-order valence-corrected chi connectivity index (χ2v) is 5.28. The molecule has 0 heterocycles. The molecular formula is C16H25N3O3. The number of rotatable bonds is 6. The third kappa shape index (κ3) is 5.04. The molecule has 2 amide bonds. The molecule has 1 aromatic rings. The lowest BCUT2D eigenvalue weighted by atomic mass is 10.1. The molecule has 0 aliphatic rings. The Morgan fingerprint density at radius 3 is 2.27 bits per heavy atom. The molecule has 0 aromatic heterocycles. The van der Waals surface area contributed by atoms with Gasteiger partial charge in [-0.15, -0.1) is 0 Å². The van der Waals surface area contributed by atoms with Gasteiger partial charge in [0.25, 0.3) is 0 Å². The lowest BCUT2D eigenvalue weighted by molar-refractivity contribution is -0.125. The highest BCUT2D eigenvalue weighted by atomic mass is 16.5. The van der Waals surface area contributed by atoms with Crippen molar-refractivity contribution in [3.8, 4) is 0 Å². The molecule has 0 aliphatic carbocycles. The van der Waals surface area contributed by atoms with Crippen LogP contribution in [0.15, 0.2) is 24.3 Å². The number of amides is 2. The molecular weight excluding hydrogens is 282 g/mol. The minimum absolute atomic E-state index is 0.362. The standard InChI is InChI=1S/C16H25N3O3/c1-6-19(12(2)15(20)17-16(21)22-5)11-13-7-9-14(10-8-13)18(3)4/h7-10,12H,6,11H2,1-5H3,(H,17,20,21)/t12-/m1/s1. The van der Waals surface area contributed by atoms with Crippen LogP contribution < -0.4 is 10.2 Å². The van der Waals surface area contributed by atoms with Crippen LogP contribution in [0.25, 0.3) is 0 Å². The zero-order chi connectivity index (χ0) is 16.7. The van der Waals surface area contributed by atoms with Crippen molar-refractivity contribution < 1.29 is 14.3 Å². The van der Waals surface area contributed by atoms with Crippen LogP contribution in [0, 0.1) is 0 Å². The SMILES string of the molecule is CCN(Cc1ccc(N(C)C)cc1)[C@H](C)C(=O)NC(=O)OC. The maximum absolute atomic E-state index is 12.0. The highest BCUT2D eigenvalue weighted by molar-refractivity contribution is 5.94. The van der Waals surface area contributed by atoms with E-state index in [1.54, 1.807) is 6.92 Å². The van der Waals surface area contributed by atoms with E-state index in [9.17, 15) is 9.59 Å². The van der Waals surface area contributed by atoms with Crippen molar-refractivity contribution in [2.24, 2.45) is 0 Å². The minimum Gasteiger partial charge on any atom is -0.453 e. The van der Waals surface area contributed by atoms with Gasteiger partial charge >= 0.3 is 6.09 Å². The smallest absolute Gasteiger partial charge is 0.413 e. The number of nitrogens with zero attached hydrogens (tertiary/aromatic N) is 2. The third-order valence-corrected chi connectivity index (χ3v) is 3.58. The molecule has 122 valence electrons. The number of methoxy groups -OCH3 is 1. The van der Waals surface area contributed by atoms with Crippen LogP contribution in [-0.2, 0) is 16.1 Å². The summed E-state index contributed by atoms with van der Waals surface area (Å²) in [5, 5.41) is 2.21. The fourth-order valence-electron chi connectivity index (χ4n) is 2.08. The highest BCUT2D eigenvalue weighted by Gasteiger charge is 2.22. The van der Waals surface area contributed by atoms with Gasteiger partial charge < -0.3 is 9.64 Å². The second kappa shape index (κ2) is 8.38. The van der Waals surface area contributed by atoms with Gasteiger partial charge in [-0.1, -0.05) is 19.1 Å². The van der Waals surface area contributed by atoms with Crippen molar-refractivity contribution in [2.75, 3.05) is 32.6 Å². The molecule has 0 unspecified atom stereocenters. The van der Waals surface area contributed by atoms with E-state index in [1.807, 2.05) is 55.1 Å². The lowest BCUT2D eigenvalue weighted by Crippen LogP contribution is -2.46. The topological polar surface area (TPSA) is 61.9 Å². The van der Waals surface area contributed by atoms with E-state index in [0.29, 0.717) is 13.1 Å². The second-order valence-electron chi connectivity index (χ2n) is 5.28. The van der Waals surface area contributed by atoms with Gasteiger partial charge in [-0.05, 0) is 31.2 Å². The predicted molar refractivity (Wildman–Crippen MR) is 86.9 cm³/mol. The first kappa shape index (κ1) is 18.0. The molecule has 0 spiro atoms. The number of likely N-dealkylation sites (N-methyl/N-ethyl adjacent to an activating group) is 1. The first-order valence-electron chi connectivity index (χ1n) is 7.28. The average molecular weight is 307 g/mol. The predicted octanol–water partition coefficient (Wildman–Crippen LogP) is 1.85. The first-order chi connectivity index (χ1) is 10.4. The number of hydrogen-bond acceptors (Lipinski definition) is 5. The summed E-state index contributed by atoms with van der Waals surface area (Å²) >= 11 is 0. The highest BCUT2D eigenvalue weighted by Crippen LogP contribution is 2.15. The van der Waals surface area contributed by atoms with Gasteiger partial charge in [0.15, 0.2) is 0 Å². The normalized spacial score (nSPS) is 11.9. The van der Waals surface area contributed by atoms with E-state index in [4.69, 9.17) is 0 Å². The van der Waals surface area contributed by atoms with Gasteiger partial charge in [0.1, 0.15) is 0 Å². The third-order valence-electron chi connectivity index (χ3n) is 3.58. The van der Waals surface area contributed by atoms with Crippen LogP contribution in [0.5, 0.6) is 0 Å². The quantitative estimate of drug-likeness (QED) is 0.869. The Bertz CT molecular complexity index is 500. The van der Waals surface area contributed by atoms with Crippen LogP contribution in [0.4, 0.5) is 10.5 Å². The molecule has 1 rings (SSSR count). The summed E-state index contributed by atoms with van der Waals surface area (Å²) in [5.74, 6) is -0.362. The van der Waals surface area contributed by atoms with Crippen LogP contribution in [0.2, 0.25) is 0 Å². The van der Waals surface area contributed by atoms with Crippen molar-refractivity contribution in [2.45, 2.75) is 26.4 Å². The zero-order valence-corrected chi connectivity index (χ0v) is 13.9. The number of benzene rings is 1. The molecule has 22 heavy (non-hydrogen) atoms. The number of ether oxygens (including phenoxy) is 1. The lowest BCUT2D eigenvalue weighted by Gasteiger charge is -2.26. The summed E-state index contributed by atoms with van der Waals surface area (Å²) in [5.41, 5.74) is 2.24. The minimum atomic E-state index is -0.733. The fourth-order valence-corrected chi connectivity index (χ4v) is 2.08. The number of nitrogens with one attached hydrogen (secondary N) is 1. The molecule has 1 aromatic carbocycles. The number of carbonyl (C=O) groups excluding carboxylic acids is 2. The van der Waals surface area contributed by atoms with Gasteiger partial charge in [-0.3, -0.25) is 15.0 Å². The Labute approximate surface area is 132 Å². The number of alkyl carbamates (subject to hydrolysis) is 1. The molecule has 1 atom stereocenters. The first-order valence-corrected chi connectivity index (χ1v) is 7.28. The molecule has 0 bridgehead atoms.